The van der Waals surface area contributed by atoms with Gasteiger partial charge in [0.05, 0.1) is 18.6 Å². The Bertz CT molecular complexity index is 391. The van der Waals surface area contributed by atoms with Crippen LogP contribution in [0.5, 0.6) is 0 Å². The van der Waals surface area contributed by atoms with Crippen molar-refractivity contribution in [3.8, 4) is 0 Å². The van der Waals surface area contributed by atoms with Crippen molar-refractivity contribution in [2.75, 3.05) is 20.2 Å². The van der Waals surface area contributed by atoms with E-state index in [0.29, 0.717) is 12.8 Å². The van der Waals surface area contributed by atoms with Gasteiger partial charge >= 0.3 is 18.0 Å². The molecule has 1 aliphatic rings. The Kier molecular flexibility index (Phi) is 6.45. The summed E-state index contributed by atoms with van der Waals surface area (Å²) < 4.78 is 4.79. The molecule has 0 unspecified atom stereocenters. The highest BCUT2D eigenvalue weighted by atomic mass is 16.5. The Morgan fingerprint density at radius 2 is 1.86 bits per heavy atom. The number of carbonyl (C=O) groups is 3. The number of amides is 2. The standard InChI is InChI=1S/C14H24N2O5/c1-3-21-12(19)10-16(2)13(20)15-14(9-11(17)18)7-5-4-6-8-14/h3-10H2,1-2H3,(H,15,20)(H,17,18). The molecule has 0 aliphatic heterocycles. The van der Waals surface area contributed by atoms with Crippen LogP contribution in [0.4, 0.5) is 4.79 Å². The van der Waals surface area contributed by atoms with Crippen LogP contribution in [0.3, 0.4) is 0 Å². The van der Waals surface area contributed by atoms with Crippen LogP contribution in [0, 0.1) is 0 Å². The third-order valence-electron chi connectivity index (χ3n) is 3.69. The number of esters is 1. The molecule has 1 saturated carbocycles. The van der Waals surface area contributed by atoms with Crippen molar-refractivity contribution >= 4 is 18.0 Å². The van der Waals surface area contributed by atoms with Crippen molar-refractivity contribution in [2.24, 2.45) is 0 Å². The lowest BCUT2D eigenvalue weighted by Crippen LogP contribution is -2.55. The Morgan fingerprint density at radius 1 is 1.24 bits per heavy atom. The molecule has 1 fully saturated rings. The van der Waals surface area contributed by atoms with E-state index >= 15 is 0 Å². The number of rotatable bonds is 6. The summed E-state index contributed by atoms with van der Waals surface area (Å²) in [6.45, 7) is 1.81. The van der Waals surface area contributed by atoms with Crippen molar-refractivity contribution in [1.82, 2.24) is 10.2 Å². The van der Waals surface area contributed by atoms with Gasteiger partial charge in [-0.3, -0.25) is 9.59 Å². The van der Waals surface area contributed by atoms with E-state index in [1.165, 1.54) is 11.9 Å². The predicted molar refractivity (Wildman–Crippen MR) is 75.9 cm³/mol. The highest BCUT2D eigenvalue weighted by Gasteiger charge is 2.36. The minimum Gasteiger partial charge on any atom is -0.481 e. The van der Waals surface area contributed by atoms with Crippen molar-refractivity contribution in [3.05, 3.63) is 0 Å². The molecular weight excluding hydrogens is 276 g/mol. The van der Waals surface area contributed by atoms with E-state index in [9.17, 15) is 14.4 Å². The van der Waals surface area contributed by atoms with Crippen LogP contribution < -0.4 is 5.32 Å². The van der Waals surface area contributed by atoms with Gasteiger partial charge in [-0.1, -0.05) is 19.3 Å². The van der Waals surface area contributed by atoms with E-state index < -0.39 is 23.5 Å². The summed E-state index contributed by atoms with van der Waals surface area (Å²) in [7, 11) is 1.49. The number of hydrogen-bond acceptors (Lipinski definition) is 4. The number of ether oxygens (including phenoxy) is 1. The van der Waals surface area contributed by atoms with E-state index in [0.717, 1.165) is 19.3 Å². The third-order valence-corrected chi connectivity index (χ3v) is 3.69. The lowest BCUT2D eigenvalue weighted by Gasteiger charge is -2.38. The second-order valence-corrected chi connectivity index (χ2v) is 5.50. The summed E-state index contributed by atoms with van der Waals surface area (Å²) in [5.41, 5.74) is -0.704. The molecule has 0 radical (unpaired) electrons. The number of carboxylic acids is 1. The average Bonchev–Trinajstić information content (AvgIpc) is 2.38. The van der Waals surface area contributed by atoms with E-state index in [1.54, 1.807) is 6.92 Å². The van der Waals surface area contributed by atoms with E-state index in [1.807, 2.05) is 0 Å². The Balaban J connectivity index is 2.63. The maximum Gasteiger partial charge on any atom is 0.325 e. The molecule has 1 rings (SSSR count). The Morgan fingerprint density at radius 3 is 2.38 bits per heavy atom. The number of carbonyl (C=O) groups excluding carboxylic acids is 2. The lowest BCUT2D eigenvalue weighted by atomic mass is 9.79. The van der Waals surface area contributed by atoms with Crippen LogP contribution in [-0.4, -0.2) is 53.7 Å². The molecule has 7 nitrogen and oxygen atoms in total. The topological polar surface area (TPSA) is 95.9 Å². The SMILES string of the molecule is CCOC(=O)CN(C)C(=O)NC1(CC(=O)O)CCCCC1. The minimum absolute atomic E-state index is 0.0913. The monoisotopic (exact) mass is 300 g/mol. The maximum atomic E-state index is 12.2. The Hall–Kier alpha value is -1.79. The third kappa shape index (κ3) is 5.61. The van der Waals surface area contributed by atoms with Crippen molar-refractivity contribution in [2.45, 2.75) is 51.0 Å². The second kappa shape index (κ2) is 7.85. The molecule has 0 saturated heterocycles. The minimum atomic E-state index is -0.926. The number of urea groups is 1. The van der Waals surface area contributed by atoms with Crippen molar-refractivity contribution < 1.29 is 24.2 Å². The van der Waals surface area contributed by atoms with Crippen LogP contribution in [0.2, 0.25) is 0 Å². The summed E-state index contributed by atoms with van der Waals surface area (Å²) in [5, 5.41) is 11.9. The van der Waals surface area contributed by atoms with E-state index in [4.69, 9.17) is 9.84 Å². The van der Waals surface area contributed by atoms with Gasteiger partial charge < -0.3 is 20.1 Å². The van der Waals surface area contributed by atoms with Crippen LogP contribution in [-0.2, 0) is 14.3 Å². The van der Waals surface area contributed by atoms with Gasteiger partial charge in [-0.25, -0.2) is 4.79 Å². The molecule has 1 aliphatic carbocycles. The Labute approximate surface area is 124 Å². The molecule has 0 heterocycles. The molecule has 0 atom stereocenters. The van der Waals surface area contributed by atoms with Gasteiger partial charge in [0.2, 0.25) is 0 Å². The zero-order valence-corrected chi connectivity index (χ0v) is 12.7. The molecule has 2 amide bonds. The number of carboxylic acid groups (broad SMARTS) is 1. The van der Waals surface area contributed by atoms with E-state index in [2.05, 4.69) is 5.32 Å². The zero-order chi connectivity index (χ0) is 15.9. The fourth-order valence-electron chi connectivity index (χ4n) is 2.66. The molecule has 7 heteroatoms. The lowest BCUT2D eigenvalue weighted by molar-refractivity contribution is -0.143. The normalized spacial score (nSPS) is 16.9. The van der Waals surface area contributed by atoms with Gasteiger partial charge in [-0.15, -0.1) is 0 Å². The molecule has 0 bridgehead atoms. The number of nitrogens with one attached hydrogen (secondary N) is 1. The van der Waals surface area contributed by atoms with Gasteiger partial charge in [-0.05, 0) is 19.8 Å². The second-order valence-electron chi connectivity index (χ2n) is 5.50. The first-order valence-corrected chi connectivity index (χ1v) is 7.29. The number of nitrogens with zero attached hydrogens (tertiary/aromatic N) is 1. The van der Waals surface area contributed by atoms with Crippen LogP contribution >= 0.6 is 0 Å². The maximum absolute atomic E-state index is 12.2. The predicted octanol–water partition coefficient (Wildman–Crippen LogP) is 1.37. The zero-order valence-electron chi connectivity index (χ0n) is 12.7. The fraction of sp³-hybridized carbons (Fsp3) is 0.786. The molecule has 21 heavy (non-hydrogen) atoms. The molecule has 120 valence electrons. The van der Waals surface area contributed by atoms with Crippen LogP contribution in [0.15, 0.2) is 0 Å². The highest BCUT2D eigenvalue weighted by molar-refractivity contribution is 5.81. The number of likely N-dealkylation sites (N-methyl/N-ethyl adjacent to an activating group) is 1. The van der Waals surface area contributed by atoms with Gasteiger partial charge in [0.25, 0.3) is 0 Å². The quantitative estimate of drug-likeness (QED) is 0.722. The fourth-order valence-corrected chi connectivity index (χ4v) is 2.66. The van der Waals surface area contributed by atoms with Gasteiger partial charge in [0.1, 0.15) is 6.54 Å². The van der Waals surface area contributed by atoms with Gasteiger partial charge in [-0.2, -0.15) is 0 Å². The first kappa shape index (κ1) is 17.3. The summed E-state index contributed by atoms with van der Waals surface area (Å²) in [5.74, 6) is -1.41. The number of hydrogen-bond donors (Lipinski definition) is 2. The van der Waals surface area contributed by atoms with Gasteiger partial charge in [0, 0.05) is 7.05 Å². The van der Waals surface area contributed by atoms with Crippen molar-refractivity contribution in [1.29, 1.82) is 0 Å². The van der Waals surface area contributed by atoms with Crippen LogP contribution in [0.1, 0.15) is 45.4 Å². The summed E-state index contributed by atoms with van der Waals surface area (Å²) >= 11 is 0. The summed E-state index contributed by atoms with van der Waals surface area (Å²) in [6.07, 6.45) is 4.06. The van der Waals surface area contributed by atoms with Crippen LogP contribution in [0.25, 0.3) is 0 Å². The molecule has 0 aromatic rings. The average molecular weight is 300 g/mol. The smallest absolute Gasteiger partial charge is 0.325 e. The summed E-state index contributed by atoms with van der Waals surface area (Å²) in [4.78, 5) is 35.8. The highest BCUT2D eigenvalue weighted by Crippen LogP contribution is 2.31. The molecule has 2 N–H and O–H groups in total. The van der Waals surface area contributed by atoms with E-state index in [-0.39, 0.29) is 19.6 Å². The molecule has 0 aromatic carbocycles. The number of aliphatic carboxylic acids is 1. The van der Waals surface area contributed by atoms with Crippen molar-refractivity contribution in [3.63, 3.8) is 0 Å². The first-order valence-electron chi connectivity index (χ1n) is 7.29. The largest absolute Gasteiger partial charge is 0.481 e. The molecule has 0 aromatic heterocycles. The summed E-state index contributed by atoms with van der Waals surface area (Å²) in [6, 6.07) is -0.439. The molecule has 0 spiro atoms. The molecular formula is C14H24N2O5. The first-order chi connectivity index (χ1) is 9.88. The van der Waals surface area contributed by atoms with Gasteiger partial charge in [0.15, 0.2) is 0 Å².